The Morgan fingerprint density at radius 2 is 1.75 bits per heavy atom. The van der Waals surface area contributed by atoms with Gasteiger partial charge in [0.1, 0.15) is 13.1 Å². The zero-order valence-electron chi connectivity index (χ0n) is 10.9. The molecule has 8 heteroatoms. The van der Waals surface area contributed by atoms with Crippen LogP contribution in [0.15, 0.2) is 24.3 Å². The molecular formula is C12H18N3O5+. The highest BCUT2D eigenvalue weighted by Crippen LogP contribution is 2.14. The molecule has 20 heavy (non-hydrogen) atoms. The van der Waals surface area contributed by atoms with Crippen LogP contribution in [0.2, 0.25) is 0 Å². The summed E-state index contributed by atoms with van der Waals surface area (Å²) in [7, 11) is 0. The van der Waals surface area contributed by atoms with Crippen molar-refractivity contribution >= 4 is 17.3 Å². The number of anilines is 1. The number of nitro benzene ring substituents is 1. The summed E-state index contributed by atoms with van der Waals surface area (Å²) < 4.78 is 0. The molecule has 0 aliphatic rings. The van der Waals surface area contributed by atoms with E-state index >= 15 is 0 Å². The molecule has 0 fully saturated rings. The second-order valence-electron chi connectivity index (χ2n) is 4.23. The molecule has 1 amide bonds. The lowest BCUT2D eigenvalue weighted by Crippen LogP contribution is -3.14. The van der Waals surface area contributed by atoms with Crippen molar-refractivity contribution in [2.24, 2.45) is 0 Å². The maximum Gasteiger partial charge on any atom is 0.279 e. The summed E-state index contributed by atoms with van der Waals surface area (Å²) in [5.74, 6) is -0.282. The summed E-state index contributed by atoms with van der Waals surface area (Å²) in [5.41, 5.74) is 0.420. The third-order valence-corrected chi connectivity index (χ3v) is 2.70. The van der Waals surface area contributed by atoms with Crippen molar-refractivity contribution in [3.63, 3.8) is 0 Å². The number of non-ortho nitro benzene ring substituents is 1. The molecule has 0 unspecified atom stereocenters. The molecule has 0 radical (unpaired) electrons. The number of aliphatic hydroxyl groups excluding tert-OH is 2. The number of amides is 1. The van der Waals surface area contributed by atoms with Crippen molar-refractivity contribution in [2.45, 2.75) is 0 Å². The highest BCUT2D eigenvalue weighted by Gasteiger charge is 2.13. The van der Waals surface area contributed by atoms with E-state index in [4.69, 9.17) is 10.2 Å². The van der Waals surface area contributed by atoms with Gasteiger partial charge in [0.2, 0.25) is 0 Å². The van der Waals surface area contributed by atoms with E-state index in [0.29, 0.717) is 18.8 Å². The molecule has 0 atom stereocenters. The number of carbonyl (C=O) groups is 1. The van der Waals surface area contributed by atoms with E-state index in [9.17, 15) is 14.9 Å². The summed E-state index contributed by atoms with van der Waals surface area (Å²) in [6.45, 7) is 0.709. The zero-order valence-corrected chi connectivity index (χ0v) is 10.9. The summed E-state index contributed by atoms with van der Waals surface area (Å²) in [5, 5.41) is 30.8. The second kappa shape index (κ2) is 8.20. The number of hydrogen-bond donors (Lipinski definition) is 4. The molecule has 4 N–H and O–H groups in total. The van der Waals surface area contributed by atoms with Gasteiger partial charge in [-0.15, -0.1) is 0 Å². The van der Waals surface area contributed by atoms with Gasteiger partial charge in [-0.3, -0.25) is 14.9 Å². The van der Waals surface area contributed by atoms with Crippen molar-refractivity contribution in [3.05, 3.63) is 34.4 Å². The van der Waals surface area contributed by atoms with Crippen molar-refractivity contribution in [1.29, 1.82) is 0 Å². The van der Waals surface area contributed by atoms with Crippen LogP contribution in [0.4, 0.5) is 11.4 Å². The zero-order chi connectivity index (χ0) is 15.0. The SMILES string of the molecule is O=C(C[NH+](CCO)CCO)Nc1ccc([N+](=O)[O-])cc1. The van der Waals surface area contributed by atoms with Gasteiger partial charge in [0, 0.05) is 17.8 Å². The van der Waals surface area contributed by atoms with E-state index in [-0.39, 0.29) is 31.4 Å². The first kappa shape index (κ1) is 16.0. The molecule has 0 bridgehead atoms. The van der Waals surface area contributed by atoms with Gasteiger partial charge in [0.25, 0.3) is 11.6 Å². The molecule has 0 aliphatic heterocycles. The van der Waals surface area contributed by atoms with E-state index in [1.807, 2.05) is 0 Å². The minimum Gasteiger partial charge on any atom is -0.391 e. The summed E-state index contributed by atoms with van der Waals surface area (Å²) >= 11 is 0. The quantitative estimate of drug-likeness (QED) is 0.339. The first-order valence-electron chi connectivity index (χ1n) is 6.16. The van der Waals surface area contributed by atoms with E-state index in [0.717, 1.165) is 4.90 Å². The molecule has 1 rings (SSSR count). The molecule has 0 heterocycles. The Morgan fingerprint density at radius 1 is 1.20 bits per heavy atom. The van der Waals surface area contributed by atoms with Gasteiger partial charge in [-0.25, -0.2) is 0 Å². The van der Waals surface area contributed by atoms with Crippen molar-refractivity contribution < 1.29 is 24.8 Å². The molecule has 0 spiro atoms. The lowest BCUT2D eigenvalue weighted by atomic mass is 10.3. The Labute approximate surface area is 115 Å². The minimum atomic E-state index is -0.514. The van der Waals surface area contributed by atoms with E-state index in [2.05, 4.69) is 5.32 Å². The number of hydrogen-bond acceptors (Lipinski definition) is 5. The number of nitrogens with zero attached hydrogens (tertiary/aromatic N) is 1. The van der Waals surface area contributed by atoms with E-state index in [1.54, 1.807) is 0 Å². The van der Waals surface area contributed by atoms with Crippen LogP contribution in [-0.4, -0.2) is 53.9 Å². The van der Waals surface area contributed by atoms with Crippen LogP contribution in [0.3, 0.4) is 0 Å². The molecule has 0 saturated heterocycles. The standard InChI is InChI=1S/C12H17N3O5/c16-7-5-14(6-8-17)9-12(18)13-10-1-3-11(4-2-10)15(19)20/h1-4,16-17H,5-9H2,(H,13,18)/p+1. The molecule has 0 saturated carbocycles. The third kappa shape index (κ3) is 5.31. The number of nitrogens with one attached hydrogen (secondary N) is 2. The Morgan fingerprint density at radius 3 is 2.20 bits per heavy atom. The second-order valence-corrected chi connectivity index (χ2v) is 4.23. The molecule has 0 aliphatic carbocycles. The van der Waals surface area contributed by atoms with E-state index < -0.39 is 4.92 Å². The minimum absolute atomic E-state index is 0.0455. The van der Waals surface area contributed by atoms with Crippen LogP contribution >= 0.6 is 0 Å². The predicted molar refractivity (Wildman–Crippen MR) is 71.5 cm³/mol. The van der Waals surface area contributed by atoms with Gasteiger partial charge < -0.3 is 20.4 Å². The van der Waals surface area contributed by atoms with Crippen LogP contribution in [-0.2, 0) is 4.79 Å². The average Bonchev–Trinajstić information content (AvgIpc) is 2.39. The summed E-state index contributed by atoms with van der Waals surface area (Å²) in [6.07, 6.45) is 0. The van der Waals surface area contributed by atoms with E-state index in [1.165, 1.54) is 24.3 Å². The lowest BCUT2D eigenvalue weighted by Gasteiger charge is -2.16. The van der Waals surface area contributed by atoms with Crippen molar-refractivity contribution in [2.75, 3.05) is 38.2 Å². The number of quaternary nitrogens is 1. The van der Waals surface area contributed by atoms with Crippen molar-refractivity contribution in [1.82, 2.24) is 0 Å². The first-order valence-corrected chi connectivity index (χ1v) is 6.16. The van der Waals surface area contributed by atoms with Gasteiger partial charge in [-0.2, -0.15) is 0 Å². The lowest BCUT2D eigenvalue weighted by molar-refractivity contribution is -0.892. The predicted octanol–water partition coefficient (Wildman–Crippen LogP) is -1.60. The fraction of sp³-hybridized carbons (Fsp3) is 0.417. The number of aliphatic hydroxyl groups is 2. The molecule has 1 aromatic carbocycles. The highest BCUT2D eigenvalue weighted by molar-refractivity contribution is 5.91. The number of benzene rings is 1. The first-order chi connectivity index (χ1) is 9.56. The Bertz CT molecular complexity index is 443. The van der Waals surface area contributed by atoms with Crippen molar-refractivity contribution in [3.8, 4) is 0 Å². The molecule has 110 valence electrons. The number of rotatable bonds is 8. The molecular weight excluding hydrogens is 266 g/mol. The van der Waals surface area contributed by atoms with Gasteiger partial charge in [-0.1, -0.05) is 0 Å². The Kier molecular flexibility index (Phi) is 6.57. The third-order valence-electron chi connectivity index (χ3n) is 2.70. The largest absolute Gasteiger partial charge is 0.391 e. The monoisotopic (exact) mass is 284 g/mol. The van der Waals surface area contributed by atoms with Crippen LogP contribution in [0.5, 0.6) is 0 Å². The normalized spacial score (nSPS) is 10.6. The Balaban J connectivity index is 2.54. The molecule has 8 nitrogen and oxygen atoms in total. The highest BCUT2D eigenvalue weighted by atomic mass is 16.6. The fourth-order valence-electron chi connectivity index (χ4n) is 1.72. The number of carbonyl (C=O) groups excluding carboxylic acids is 1. The van der Waals surface area contributed by atoms with Crippen LogP contribution in [0, 0.1) is 10.1 Å². The molecule has 0 aromatic heterocycles. The van der Waals surface area contributed by atoms with Gasteiger partial charge in [0.15, 0.2) is 6.54 Å². The van der Waals surface area contributed by atoms with Gasteiger partial charge >= 0.3 is 0 Å². The van der Waals surface area contributed by atoms with Crippen LogP contribution in [0.25, 0.3) is 0 Å². The maximum atomic E-state index is 11.8. The van der Waals surface area contributed by atoms with Gasteiger partial charge in [0.05, 0.1) is 18.1 Å². The Hall–Kier alpha value is -2.03. The van der Waals surface area contributed by atoms with Crippen LogP contribution < -0.4 is 10.2 Å². The fourth-order valence-corrected chi connectivity index (χ4v) is 1.72. The van der Waals surface area contributed by atoms with Gasteiger partial charge in [-0.05, 0) is 12.1 Å². The topological polar surface area (TPSA) is 117 Å². The number of nitro groups is 1. The smallest absolute Gasteiger partial charge is 0.279 e. The summed E-state index contributed by atoms with van der Waals surface area (Å²) in [6, 6.07) is 5.52. The molecule has 1 aromatic rings. The average molecular weight is 284 g/mol. The maximum absolute atomic E-state index is 11.8. The summed E-state index contributed by atoms with van der Waals surface area (Å²) in [4.78, 5) is 22.5. The van der Waals surface area contributed by atoms with Crippen LogP contribution in [0.1, 0.15) is 0 Å².